The number of hydrogen-bond acceptors (Lipinski definition) is 5. The van der Waals surface area contributed by atoms with E-state index in [2.05, 4.69) is 44.6 Å². The number of likely N-dealkylation sites (N-methyl/N-ethyl adjacent to an activating group) is 1. The van der Waals surface area contributed by atoms with E-state index >= 15 is 0 Å². The average Bonchev–Trinajstić information content (AvgIpc) is 3.26. The van der Waals surface area contributed by atoms with Crippen LogP contribution in [0.5, 0.6) is 0 Å². The van der Waals surface area contributed by atoms with Crippen molar-refractivity contribution in [1.29, 1.82) is 0 Å². The quantitative estimate of drug-likeness (QED) is 0.715. The molecule has 0 saturated carbocycles. The van der Waals surface area contributed by atoms with Crippen LogP contribution in [0.1, 0.15) is 24.6 Å². The normalized spacial score (nSPS) is 18.4. The lowest BCUT2D eigenvalue weighted by molar-refractivity contribution is 0.372. The maximum atomic E-state index is 5.96. The number of anilines is 1. The van der Waals surface area contributed by atoms with Crippen LogP contribution in [0, 0.1) is 0 Å². The summed E-state index contributed by atoms with van der Waals surface area (Å²) >= 11 is 0. The Morgan fingerprint density at radius 3 is 3.00 bits per heavy atom. The summed E-state index contributed by atoms with van der Waals surface area (Å²) in [5, 5.41) is 0. The van der Waals surface area contributed by atoms with E-state index in [1.165, 1.54) is 5.82 Å². The van der Waals surface area contributed by atoms with E-state index < -0.39 is 0 Å². The minimum absolute atomic E-state index is 0.418. The van der Waals surface area contributed by atoms with E-state index in [1.54, 1.807) is 0 Å². The Hall–Kier alpha value is -2.34. The maximum Gasteiger partial charge on any atom is 0.298 e. The maximum absolute atomic E-state index is 5.96. The van der Waals surface area contributed by atoms with Crippen LogP contribution in [0.3, 0.4) is 0 Å². The fraction of sp³-hybridized carbons (Fsp3) is 0.474. The summed E-state index contributed by atoms with van der Waals surface area (Å²) in [6, 6.07) is 8.68. The molecule has 25 heavy (non-hydrogen) atoms. The second-order valence-electron chi connectivity index (χ2n) is 7.03. The molecule has 1 aliphatic rings. The van der Waals surface area contributed by atoms with Crippen molar-refractivity contribution in [2.24, 2.45) is 0 Å². The first-order valence-electron chi connectivity index (χ1n) is 8.97. The van der Waals surface area contributed by atoms with Gasteiger partial charge in [0, 0.05) is 44.5 Å². The number of aromatic nitrogens is 3. The Bertz CT molecular complexity index is 804. The molecule has 0 spiro atoms. The highest BCUT2D eigenvalue weighted by Gasteiger charge is 2.27. The number of para-hydroxylation sites is 2. The van der Waals surface area contributed by atoms with Gasteiger partial charge in [-0.3, -0.25) is 0 Å². The third kappa shape index (κ3) is 3.39. The van der Waals surface area contributed by atoms with E-state index in [1.807, 2.05) is 30.5 Å². The van der Waals surface area contributed by atoms with Gasteiger partial charge in [0.05, 0.1) is 0 Å². The molecule has 0 radical (unpaired) electrons. The third-order valence-electron chi connectivity index (χ3n) is 4.88. The molecule has 6 heteroatoms. The zero-order chi connectivity index (χ0) is 17.2. The Morgan fingerprint density at radius 1 is 1.28 bits per heavy atom. The second kappa shape index (κ2) is 6.88. The second-order valence-corrected chi connectivity index (χ2v) is 7.03. The van der Waals surface area contributed by atoms with E-state index in [9.17, 15) is 0 Å². The molecule has 1 aromatic carbocycles. The molecule has 6 nitrogen and oxygen atoms in total. The fourth-order valence-electron chi connectivity index (χ4n) is 3.53. The van der Waals surface area contributed by atoms with Crippen LogP contribution >= 0.6 is 0 Å². The molecule has 132 valence electrons. The summed E-state index contributed by atoms with van der Waals surface area (Å²) in [7, 11) is 4.21. The largest absolute Gasteiger partial charge is 0.423 e. The van der Waals surface area contributed by atoms with Crippen molar-refractivity contribution in [2.75, 3.05) is 38.6 Å². The number of piperidine rings is 1. The highest BCUT2D eigenvalue weighted by atomic mass is 16.4. The van der Waals surface area contributed by atoms with Crippen LogP contribution in [0.25, 0.3) is 11.1 Å². The average molecular weight is 339 g/mol. The van der Waals surface area contributed by atoms with Crippen LogP contribution in [0.4, 0.5) is 6.01 Å². The van der Waals surface area contributed by atoms with Crippen molar-refractivity contribution in [1.82, 2.24) is 19.4 Å². The number of benzene rings is 1. The van der Waals surface area contributed by atoms with Gasteiger partial charge in [0.2, 0.25) is 0 Å². The lowest BCUT2D eigenvalue weighted by atomic mass is 9.97. The predicted octanol–water partition coefficient (Wildman–Crippen LogP) is 2.97. The van der Waals surface area contributed by atoms with Gasteiger partial charge < -0.3 is 18.8 Å². The monoisotopic (exact) mass is 339 g/mol. The zero-order valence-corrected chi connectivity index (χ0v) is 14.9. The van der Waals surface area contributed by atoms with Gasteiger partial charge in [-0.1, -0.05) is 12.1 Å². The number of nitrogens with zero attached hydrogens (tertiary/aromatic N) is 5. The molecule has 3 heterocycles. The van der Waals surface area contributed by atoms with Gasteiger partial charge in [0.15, 0.2) is 5.58 Å². The van der Waals surface area contributed by atoms with E-state index in [0.717, 1.165) is 56.1 Å². The van der Waals surface area contributed by atoms with Gasteiger partial charge in [-0.25, -0.2) is 4.98 Å². The van der Waals surface area contributed by atoms with Crippen LogP contribution in [0.2, 0.25) is 0 Å². The van der Waals surface area contributed by atoms with Crippen molar-refractivity contribution < 1.29 is 4.42 Å². The van der Waals surface area contributed by atoms with Gasteiger partial charge in [-0.05, 0) is 39.1 Å². The summed E-state index contributed by atoms with van der Waals surface area (Å²) in [6.07, 6.45) is 6.31. The lowest BCUT2D eigenvalue weighted by Crippen LogP contribution is -2.35. The molecule has 1 saturated heterocycles. The first-order chi connectivity index (χ1) is 12.2. The minimum atomic E-state index is 0.418. The molecule has 2 aromatic heterocycles. The van der Waals surface area contributed by atoms with Crippen molar-refractivity contribution in [3.63, 3.8) is 0 Å². The third-order valence-corrected chi connectivity index (χ3v) is 4.88. The van der Waals surface area contributed by atoms with Crippen LogP contribution < -0.4 is 4.90 Å². The summed E-state index contributed by atoms with van der Waals surface area (Å²) in [4.78, 5) is 13.8. The van der Waals surface area contributed by atoms with Gasteiger partial charge in [0.25, 0.3) is 6.01 Å². The molecule has 1 fully saturated rings. The predicted molar refractivity (Wildman–Crippen MR) is 99.0 cm³/mol. The molecule has 4 rings (SSSR count). The molecule has 1 atom stereocenters. The Labute approximate surface area is 148 Å². The van der Waals surface area contributed by atoms with Crippen LogP contribution in [-0.4, -0.2) is 53.2 Å². The van der Waals surface area contributed by atoms with Crippen LogP contribution in [-0.2, 0) is 6.54 Å². The number of imidazole rings is 1. The molecule has 0 aliphatic carbocycles. The van der Waals surface area contributed by atoms with E-state index in [4.69, 9.17) is 4.42 Å². The van der Waals surface area contributed by atoms with Gasteiger partial charge in [0.1, 0.15) is 11.3 Å². The number of fused-ring (bicyclic) bond motifs is 1. The number of rotatable bonds is 5. The summed E-state index contributed by atoms with van der Waals surface area (Å²) in [6.45, 7) is 3.89. The topological polar surface area (TPSA) is 50.3 Å². The molecule has 0 amide bonds. The molecule has 0 bridgehead atoms. The van der Waals surface area contributed by atoms with Crippen molar-refractivity contribution in [3.8, 4) is 0 Å². The van der Waals surface area contributed by atoms with E-state index in [0.29, 0.717) is 5.92 Å². The highest BCUT2D eigenvalue weighted by molar-refractivity contribution is 5.74. The fourth-order valence-corrected chi connectivity index (χ4v) is 3.53. The van der Waals surface area contributed by atoms with Crippen molar-refractivity contribution in [3.05, 3.63) is 42.5 Å². The van der Waals surface area contributed by atoms with Gasteiger partial charge in [-0.2, -0.15) is 4.98 Å². The zero-order valence-electron chi connectivity index (χ0n) is 14.9. The highest BCUT2D eigenvalue weighted by Crippen LogP contribution is 2.30. The minimum Gasteiger partial charge on any atom is -0.423 e. The Morgan fingerprint density at radius 2 is 2.16 bits per heavy atom. The van der Waals surface area contributed by atoms with Crippen molar-refractivity contribution >= 4 is 17.1 Å². The summed E-state index contributed by atoms with van der Waals surface area (Å²) in [5.74, 6) is 1.60. The van der Waals surface area contributed by atoms with Crippen LogP contribution in [0.15, 0.2) is 41.1 Å². The summed E-state index contributed by atoms with van der Waals surface area (Å²) in [5.41, 5.74) is 1.78. The molecule has 0 N–H and O–H groups in total. The standard InChI is InChI=1S/C19H25N5O/c1-22(2)12-13-23-11-9-20-18(23)15-6-5-10-24(14-15)19-21-16-7-3-4-8-17(16)25-19/h3-4,7-9,11,15H,5-6,10,12-14H2,1-2H3/t15-/m1/s1. The van der Waals surface area contributed by atoms with Crippen molar-refractivity contribution in [2.45, 2.75) is 25.3 Å². The molecular weight excluding hydrogens is 314 g/mol. The SMILES string of the molecule is CN(C)CCn1ccnc1[C@@H]1CCCN(c2nc3ccccc3o2)C1. The smallest absolute Gasteiger partial charge is 0.298 e. The number of oxazole rings is 1. The Kier molecular flexibility index (Phi) is 4.44. The summed E-state index contributed by atoms with van der Waals surface area (Å²) < 4.78 is 8.26. The molecular formula is C19H25N5O. The van der Waals surface area contributed by atoms with Gasteiger partial charge >= 0.3 is 0 Å². The Balaban J connectivity index is 1.52. The molecule has 0 unspecified atom stereocenters. The van der Waals surface area contributed by atoms with Gasteiger partial charge in [-0.15, -0.1) is 0 Å². The molecule has 1 aliphatic heterocycles. The molecule has 3 aromatic rings. The number of hydrogen-bond donors (Lipinski definition) is 0. The lowest BCUT2D eigenvalue weighted by Gasteiger charge is -2.31. The van der Waals surface area contributed by atoms with E-state index in [-0.39, 0.29) is 0 Å². The first-order valence-corrected chi connectivity index (χ1v) is 8.97. The first kappa shape index (κ1) is 16.1.